The predicted molar refractivity (Wildman–Crippen MR) is 88.4 cm³/mol. The summed E-state index contributed by atoms with van der Waals surface area (Å²) in [4.78, 5) is 31.2. The number of carbonyl (C=O) groups is 2. The second-order valence-corrected chi connectivity index (χ2v) is 5.88. The lowest BCUT2D eigenvalue weighted by Gasteiger charge is -2.19. The van der Waals surface area contributed by atoms with Gasteiger partial charge in [-0.2, -0.15) is 5.10 Å². The number of nitrogens with zero attached hydrogens (tertiary/aromatic N) is 3. The van der Waals surface area contributed by atoms with Crippen LogP contribution >= 0.6 is 0 Å². The Balaban J connectivity index is 1.92. The first kappa shape index (κ1) is 15.4. The number of pyridine rings is 1. The zero-order valence-electron chi connectivity index (χ0n) is 14.0. The number of aryl methyl sites for hydroxylation is 2. The molecule has 1 N–H and O–H groups in total. The van der Waals surface area contributed by atoms with Crippen molar-refractivity contribution in [1.29, 1.82) is 0 Å². The van der Waals surface area contributed by atoms with Crippen molar-refractivity contribution in [3.05, 3.63) is 34.6 Å². The van der Waals surface area contributed by atoms with E-state index in [0.29, 0.717) is 17.9 Å². The summed E-state index contributed by atoms with van der Waals surface area (Å²) < 4.78 is 11.3. The Bertz CT molecular complexity index is 1030. The van der Waals surface area contributed by atoms with Crippen LogP contribution in [0.25, 0.3) is 22.4 Å². The molecule has 25 heavy (non-hydrogen) atoms. The fourth-order valence-corrected chi connectivity index (χ4v) is 3.27. The Labute approximate surface area is 142 Å². The first-order chi connectivity index (χ1) is 12.0. The van der Waals surface area contributed by atoms with Crippen LogP contribution in [0.15, 0.2) is 12.1 Å². The zero-order chi connectivity index (χ0) is 17.7. The number of rotatable bonds is 2. The van der Waals surface area contributed by atoms with Crippen LogP contribution in [-0.2, 0) is 22.4 Å². The van der Waals surface area contributed by atoms with E-state index in [4.69, 9.17) is 9.47 Å². The molecule has 0 saturated carbocycles. The van der Waals surface area contributed by atoms with Crippen LogP contribution in [0, 0.1) is 6.92 Å². The van der Waals surface area contributed by atoms with Gasteiger partial charge in [-0.1, -0.05) is 0 Å². The van der Waals surface area contributed by atoms with E-state index in [9.17, 15) is 9.59 Å². The van der Waals surface area contributed by atoms with Crippen LogP contribution in [-0.4, -0.2) is 45.9 Å². The number of carbonyl (C=O) groups excluding carboxylic acids is 2. The number of aromatic nitrogens is 4. The van der Waals surface area contributed by atoms with Gasteiger partial charge in [0.1, 0.15) is 11.3 Å². The summed E-state index contributed by atoms with van der Waals surface area (Å²) in [6.45, 7) is 2.66. The maximum Gasteiger partial charge on any atom is 0.358 e. The lowest BCUT2D eigenvalue weighted by atomic mass is 9.97. The number of nitrogens with one attached hydrogen (secondary N) is 1. The molecule has 0 spiro atoms. The molecule has 4 rings (SSSR count). The fourth-order valence-electron chi connectivity index (χ4n) is 3.27. The Kier molecular flexibility index (Phi) is 3.34. The Hall–Kier alpha value is -3.16. The molecule has 0 aliphatic carbocycles. The van der Waals surface area contributed by atoms with Gasteiger partial charge in [-0.25, -0.2) is 14.6 Å². The Morgan fingerprint density at radius 2 is 1.96 bits per heavy atom. The van der Waals surface area contributed by atoms with Gasteiger partial charge in [0.25, 0.3) is 0 Å². The summed E-state index contributed by atoms with van der Waals surface area (Å²) >= 11 is 0. The molecular weight excluding hydrogens is 324 g/mol. The monoisotopic (exact) mass is 340 g/mol. The molecule has 0 atom stereocenters. The average molecular weight is 340 g/mol. The summed E-state index contributed by atoms with van der Waals surface area (Å²) in [5, 5.41) is 5.18. The molecule has 8 nitrogen and oxygen atoms in total. The van der Waals surface area contributed by atoms with Crippen molar-refractivity contribution in [2.45, 2.75) is 19.9 Å². The van der Waals surface area contributed by atoms with Crippen molar-refractivity contribution in [2.24, 2.45) is 0 Å². The molecule has 3 aromatic rings. The molecule has 1 aliphatic heterocycles. The predicted octanol–water partition coefficient (Wildman–Crippen LogP) is 1.86. The van der Waals surface area contributed by atoms with E-state index < -0.39 is 11.9 Å². The molecule has 0 aromatic carbocycles. The quantitative estimate of drug-likeness (QED) is 0.715. The number of hydrogen-bond acceptors (Lipinski definition) is 6. The highest BCUT2D eigenvalue weighted by atomic mass is 16.5. The van der Waals surface area contributed by atoms with E-state index in [1.165, 1.54) is 14.2 Å². The van der Waals surface area contributed by atoms with E-state index in [0.717, 1.165) is 34.3 Å². The van der Waals surface area contributed by atoms with Crippen molar-refractivity contribution in [3.8, 4) is 11.4 Å². The van der Waals surface area contributed by atoms with Crippen molar-refractivity contribution in [3.63, 3.8) is 0 Å². The summed E-state index contributed by atoms with van der Waals surface area (Å²) in [6.07, 6.45) is 0.748. The number of hydrogen-bond donors (Lipinski definition) is 1. The molecule has 0 bridgehead atoms. The minimum absolute atomic E-state index is 0.256. The smallest absolute Gasteiger partial charge is 0.358 e. The number of esters is 2. The minimum Gasteiger partial charge on any atom is -0.464 e. The van der Waals surface area contributed by atoms with Gasteiger partial charge in [0, 0.05) is 18.0 Å². The second-order valence-electron chi connectivity index (χ2n) is 5.88. The van der Waals surface area contributed by atoms with E-state index in [2.05, 4.69) is 15.1 Å². The van der Waals surface area contributed by atoms with E-state index in [1.807, 2.05) is 6.92 Å². The van der Waals surface area contributed by atoms with Crippen molar-refractivity contribution >= 4 is 23.0 Å². The van der Waals surface area contributed by atoms with Crippen molar-refractivity contribution in [2.75, 3.05) is 14.2 Å². The molecule has 0 fully saturated rings. The van der Waals surface area contributed by atoms with Crippen LogP contribution < -0.4 is 0 Å². The summed E-state index contributed by atoms with van der Waals surface area (Å²) in [7, 11) is 2.67. The van der Waals surface area contributed by atoms with Gasteiger partial charge in [0.05, 0.1) is 25.6 Å². The molecule has 3 aromatic heterocycles. The van der Waals surface area contributed by atoms with Crippen LogP contribution in [0.4, 0.5) is 0 Å². The van der Waals surface area contributed by atoms with Gasteiger partial charge in [0.15, 0.2) is 5.69 Å². The lowest BCUT2D eigenvalue weighted by Crippen LogP contribution is -2.15. The highest BCUT2D eigenvalue weighted by molar-refractivity contribution is 5.96. The van der Waals surface area contributed by atoms with Crippen molar-refractivity contribution < 1.29 is 19.1 Å². The van der Waals surface area contributed by atoms with Crippen LogP contribution in [0.3, 0.4) is 0 Å². The third-order valence-electron chi connectivity index (χ3n) is 4.56. The van der Waals surface area contributed by atoms with Gasteiger partial charge < -0.3 is 14.5 Å². The molecule has 128 valence electrons. The average Bonchev–Trinajstić information content (AvgIpc) is 3.24. The van der Waals surface area contributed by atoms with Gasteiger partial charge in [-0.15, -0.1) is 0 Å². The molecule has 0 saturated heterocycles. The molecule has 4 heterocycles. The second kappa shape index (κ2) is 5.44. The fraction of sp³-hybridized carbons (Fsp3) is 0.294. The van der Waals surface area contributed by atoms with Crippen LogP contribution in [0.1, 0.15) is 32.1 Å². The van der Waals surface area contributed by atoms with Crippen LogP contribution in [0.2, 0.25) is 0 Å². The maximum atomic E-state index is 11.8. The van der Waals surface area contributed by atoms with E-state index in [1.54, 1.807) is 16.8 Å². The van der Waals surface area contributed by atoms with Gasteiger partial charge in [-0.05, 0) is 30.5 Å². The highest BCUT2D eigenvalue weighted by Crippen LogP contribution is 2.34. The normalized spacial score (nSPS) is 12.6. The van der Waals surface area contributed by atoms with Crippen molar-refractivity contribution in [1.82, 2.24) is 19.7 Å². The third-order valence-corrected chi connectivity index (χ3v) is 4.56. The highest BCUT2D eigenvalue weighted by Gasteiger charge is 2.26. The number of aromatic amines is 1. The van der Waals surface area contributed by atoms with E-state index >= 15 is 0 Å². The molecule has 0 unspecified atom stereocenters. The number of H-pyrrole nitrogens is 1. The Morgan fingerprint density at radius 3 is 2.68 bits per heavy atom. The summed E-state index contributed by atoms with van der Waals surface area (Å²) in [6, 6.07) is 3.45. The van der Waals surface area contributed by atoms with Gasteiger partial charge in [-0.3, -0.25) is 4.68 Å². The molecule has 0 radical (unpaired) electrons. The SMILES string of the molecule is COC(=O)c1cc2n(n1)CCc1c-2nc2[nH]c(C(=O)OC)cc2c1C. The molecule has 1 aliphatic rings. The Morgan fingerprint density at radius 1 is 1.20 bits per heavy atom. The number of methoxy groups -OCH3 is 2. The maximum absolute atomic E-state index is 11.8. The minimum atomic E-state index is -0.478. The first-order valence-corrected chi connectivity index (χ1v) is 7.80. The van der Waals surface area contributed by atoms with E-state index in [-0.39, 0.29) is 5.69 Å². The summed E-state index contributed by atoms with van der Waals surface area (Å²) in [5.74, 6) is -0.914. The summed E-state index contributed by atoms with van der Waals surface area (Å²) in [5.41, 5.74) is 4.89. The molecule has 0 amide bonds. The lowest BCUT2D eigenvalue weighted by molar-refractivity contribution is 0.0585. The topological polar surface area (TPSA) is 99.1 Å². The molecular formula is C17H16N4O4. The largest absolute Gasteiger partial charge is 0.464 e. The van der Waals surface area contributed by atoms with Gasteiger partial charge in [0.2, 0.25) is 0 Å². The standard InChI is InChI=1S/C17H16N4O4/c1-8-9-4-5-21-13(7-12(20-21)17(23)25-3)14(9)19-15-10(8)6-11(18-15)16(22)24-2/h6-7H,4-5H2,1-3H3,(H,18,19). The zero-order valence-corrected chi connectivity index (χ0v) is 14.0. The molecule has 8 heteroatoms. The number of ether oxygens (including phenoxy) is 2. The van der Waals surface area contributed by atoms with Gasteiger partial charge >= 0.3 is 11.9 Å². The first-order valence-electron chi connectivity index (χ1n) is 7.80. The third kappa shape index (κ3) is 2.21. The number of fused-ring (bicyclic) bond motifs is 4. The van der Waals surface area contributed by atoms with Crippen LogP contribution in [0.5, 0.6) is 0 Å².